The van der Waals surface area contributed by atoms with Crippen molar-refractivity contribution in [3.63, 3.8) is 0 Å². The maximum absolute atomic E-state index is 11.5. The molecule has 2 aromatic carbocycles. The summed E-state index contributed by atoms with van der Waals surface area (Å²) < 4.78 is 0. The van der Waals surface area contributed by atoms with Gasteiger partial charge < -0.3 is 16.0 Å². The predicted octanol–water partition coefficient (Wildman–Crippen LogP) is 4.01. The van der Waals surface area contributed by atoms with Gasteiger partial charge in [0.1, 0.15) is 0 Å². The molecule has 0 saturated heterocycles. The molecule has 0 aliphatic heterocycles. The molecule has 0 unspecified atom stereocenters. The molecule has 0 bridgehead atoms. The summed E-state index contributed by atoms with van der Waals surface area (Å²) in [4.78, 5) is 14.7. The van der Waals surface area contributed by atoms with Gasteiger partial charge >= 0.3 is 0 Å². The number of benzene rings is 2. The van der Waals surface area contributed by atoms with E-state index in [0.29, 0.717) is 5.56 Å². The summed E-state index contributed by atoms with van der Waals surface area (Å²) in [7, 11) is 0. The average Bonchev–Trinajstić information content (AvgIpc) is 2.96. The third-order valence-corrected chi connectivity index (χ3v) is 4.23. The fourth-order valence-corrected chi connectivity index (χ4v) is 2.83. The first-order valence-corrected chi connectivity index (χ1v) is 7.93. The summed E-state index contributed by atoms with van der Waals surface area (Å²) in [6.07, 6.45) is 0. The number of nitrogens with one attached hydrogen (secondary N) is 2. The molecule has 0 saturated carbocycles. The van der Waals surface area contributed by atoms with E-state index in [1.807, 2.05) is 49.4 Å². The molecule has 0 radical (unpaired) electrons. The standard InChI is InChI=1S/C20H21N3O/c1-13-7-3-4-8-15(13)12-22-18-10-6-5-9-16(18)19-11-17(20(21)24)14(2)23-19/h3-11,22-23H,12H2,1-2H3,(H2,21,24). The third-order valence-electron chi connectivity index (χ3n) is 4.23. The van der Waals surface area contributed by atoms with E-state index in [9.17, 15) is 4.79 Å². The number of H-pyrrole nitrogens is 1. The van der Waals surface area contributed by atoms with Gasteiger partial charge in [-0.2, -0.15) is 0 Å². The Morgan fingerprint density at radius 2 is 1.79 bits per heavy atom. The SMILES string of the molecule is Cc1ccccc1CNc1ccccc1-c1cc(C(N)=O)c(C)[nH]1. The van der Waals surface area contributed by atoms with Gasteiger partial charge in [-0.3, -0.25) is 4.79 Å². The number of para-hydroxylation sites is 1. The van der Waals surface area contributed by atoms with Crippen molar-refractivity contribution in [3.8, 4) is 11.3 Å². The molecular formula is C20H21N3O. The van der Waals surface area contributed by atoms with Gasteiger partial charge in [-0.05, 0) is 37.1 Å². The van der Waals surface area contributed by atoms with Gasteiger partial charge in [-0.1, -0.05) is 42.5 Å². The van der Waals surface area contributed by atoms with Crippen LogP contribution in [0.4, 0.5) is 5.69 Å². The molecule has 0 aliphatic rings. The Labute approximate surface area is 141 Å². The summed E-state index contributed by atoms with van der Waals surface area (Å²) in [6, 6.07) is 18.2. The highest BCUT2D eigenvalue weighted by Gasteiger charge is 2.13. The summed E-state index contributed by atoms with van der Waals surface area (Å²) >= 11 is 0. The number of aromatic nitrogens is 1. The van der Waals surface area contributed by atoms with Crippen molar-refractivity contribution in [2.45, 2.75) is 20.4 Å². The van der Waals surface area contributed by atoms with E-state index in [1.165, 1.54) is 11.1 Å². The van der Waals surface area contributed by atoms with Gasteiger partial charge in [0.15, 0.2) is 0 Å². The van der Waals surface area contributed by atoms with Gasteiger partial charge in [0.2, 0.25) is 0 Å². The molecular weight excluding hydrogens is 298 g/mol. The summed E-state index contributed by atoms with van der Waals surface area (Å²) in [5.74, 6) is -0.416. The van der Waals surface area contributed by atoms with E-state index in [4.69, 9.17) is 5.73 Å². The third kappa shape index (κ3) is 3.18. The van der Waals surface area contributed by atoms with Gasteiger partial charge in [-0.15, -0.1) is 0 Å². The van der Waals surface area contributed by atoms with Crippen LogP contribution in [0.5, 0.6) is 0 Å². The van der Waals surface area contributed by atoms with E-state index in [0.717, 1.165) is 29.2 Å². The van der Waals surface area contributed by atoms with Crippen LogP contribution in [0.25, 0.3) is 11.3 Å². The molecule has 24 heavy (non-hydrogen) atoms. The summed E-state index contributed by atoms with van der Waals surface area (Å²) in [6.45, 7) is 4.70. The first-order chi connectivity index (χ1) is 11.6. The monoisotopic (exact) mass is 319 g/mol. The van der Waals surface area contributed by atoms with Crippen molar-refractivity contribution in [2.75, 3.05) is 5.32 Å². The zero-order valence-electron chi connectivity index (χ0n) is 13.9. The zero-order chi connectivity index (χ0) is 17.1. The number of rotatable bonds is 5. The van der Waals surface area contributed by atoms with Crippen LogP contribution >= 0.6 is 0 Å². The quantitative estimate of drug-likeness (QED) is 0.665. The number of aryl methyl sites for hydroxylation is 2. The van der Waals surface area contributed by atoms with Crippen LogP contribution in [-0.2, 0) is 6.54 Å². The largest absolute Gasteiger partial charge is 0.380 e. The number of amides is 1. The minimum Gasteiger partial charge on any atom is -0.380 e. The fraction of sp³-hybridized carbons (Fsp3) is 0.150. The highest BCUT2D eigenvalue weighted by molar-refractivity contribution is 5.96. The average molecular weight is 319 g/mol. The topological polar surface area (TPSA) is 70.9 Å². The number of carbonyl (C=O) groups excluding carboxylic acids is 1. The van der Waals surface area contributed by atoms with Crippen molar-refractivity contribution >= 4 is 11.6 Å². The fourth-order valence-electron chi connectivity index (χ4n) is 2.83. The van der Waals surface area contributed by atoms with Crippen molar-refractivity contribution in [2.24, 2.45) is 5.73 Å². The Kier molecular flexibility index (Phi) is 4.38. The summed E-state index contributed by atoms with van der Waals surface area (Å²) in [5.41, 5.74) is 12.2. The first kappa shape index (κ1) is 15.9. The van der Waals surface area contributed by atoms with E-state index >= 15 is 0 Å². The van der Waals surface area contributed by atoms with Crippen LogP contribution in [-0.4, -0.2) is 10.9 Å². The van der Waals surface area contributed by atoms with Gasteiger partial charge in [-0.25, -0.2) is 0 Å². The van der Waals surface area contributed by atoms with Crippen molar-refractivity contribution in [1.82, 2.24) is 4.98 Å². The van der Waals surface area contributed by atoms with Gasteiger partial charge in [0.05, 0.1) is 5.56 Å². The minimum atomic E-state index is -0.416. The van der Waals surface area contributed by atoms with E-state index in [-0.39, 0.29) is 0 Å². The van der Waals surface area contributed by atoms with Crippen LogP contribution in [0.3, 0.4) is 0 Å². The van der Waals surface area contributed by atoms with Crippen molar-refractivity contribution < 1.29 is 4.79 Å². The lowest BCUT2D eigenvalue weighted by molar-refractivity contribution is 0.1000. The molecule has 4 nitrogen and oxygen atoms in total. The molecule has 3 rings (SSSR count). The normalized spacial score (nSPS) is 10.6. The number of aromatic amines is 1. The first-order valence-electron chi connectivity index (χ1n) is 7.93. The Hall–Kier alpha value is -3.01. The molecule has 4 heteroatoms. The lowest BCUT2D eigenvalue weighted by Crippen LogP contribution is -2.10. The second kappa shape index (κ2) is 6.62. The molecule has 0 aliphatic carbocycles. The highest BCUT2D eigenvalue weighted by Crippen LogP contribution is 2.29. The van der Waals surface area contributed by atoms with Crippen molar-refractivity contribution in [3.05, 3.63) is 77.0 Å². The Morgan fingerprint density at radius 1 is 1.08 bits per heavy atom. The van der Waals surface area contributed by atoms with Crippen LogP contribution in [0.15, 0.2) is 54.6 Å². The van der Waals surface area contributed by atoms with E-state index in [1.54, 1.807) is 0 Å². The molecule has 3 aromatic rings. The Bertz CT molecular complexity index is 880. The molecule has 0 atom stereocenters. The van der Waals surface area contributed by atoms with Crippen molar-refractivity contribution in [1.29, 1.82) is 0 Å². The molecule has 4 N–H and O–H groups in total. The van der Waals surface area contributed by atoms with Crippen LogP contribution in [0.2, 0.25) is 0 Å². The molecule has 1 amide bonds. The maximum Gasteiger partial charge on any atom is 0.250 e. The maximum atomic E-state index is 11.5. The molecule has 1 heterocycles. The second-order valence-electron chi connectivity index (χ2n) is 5.91. The minimum absolute atomic E-state index is 0.416. The summed E-state index contributed by atoms with van der Waals surface area (Å²) in [5, 5.41) is 3.49. The molecule has 0 spiro atoms. The number of anilines is 1. The molecule has 0 fully saturated rings. The van der Waals surface area contributed by atoms with Gasteiger partial charge in [0.25, 0.3) is 5.91 Å². The highest BCUT2D eigenvalue weighted by atomic mass is 16.1. The van der Waals surface area contributed by atoms with E-state index < -0.39 is 5.91 Å². The van der Waals surface area contributed by atoms with Gasteiger partial charge in [0, 0.05) is 29.2 Å². The van der Waals surface area contributed by atoms with E-state index in [2.05, 4.69) is 29.4 Å². The Balaban J connectivity index is 1.90. The molecule has 122 valence electrons. The number of hydrogen-bond acceptors (Lipinski definition) is 2. The lowest BCUT2D eigenvalue weighted by Gasteiger charge is -2.12. The van der Waals surface area contributed by atoms with Crippen LogP contribution in [0.1, 0.15) is 27.2 Å². The van der Waals surface area contributed by atoms with Crippen LogP contribution < -0.4 is 11.1 Å². The predicted molar refractivity (Wildman–Crippen MR) is 98.0 cm³/mol. The number of carbonyl (C=O) groups is 1. The second-order valence-corrected chi connectivity index (χ2v) is 5.91. The zero-order valence-corrected chi connectivity index (χ0v) is 13.9. The number of nitrogens with two attached hydrogens (primary N) is 1. The lowest BCUT2D eigenvalue weighted by atomic mass is 10.1. The smallest absolute Gasteiger partial charge is 0.250 e. The number of hydrogen-bond donors (Lipinski definition) is 3. The van der Waals surface area contributed by atoms with Crippen LogP contribution in [0, 0.1) is 13.8 Å². The Morgan fingerprint density at radius 3 is 2.50 bits per heavy atom. The molecule has 1 aromatic heterocycles. The number of primary amides is 1.